The predicted octanol–water partition coefficient (Wildman–Crippen LogP) is -6.30. The third-order valence-electron chi connectivity index (χ3n) is 0.309. The van der Waals surface area contributed by atoms with Crippen molar-refractivity contribution in [3.8, 4) is 0 Å². The van der Waals surface area contributed by atoms with E-state index in [9.17, 15) is 4.79 Å². The van der Waals surface area contributed by atoms with Crippen molar-refractivity contribution in [1.29, 1.82) is 0 Å². The van der Waals surface area contributed by atoms with Crippen LogP contribution in [0.3, 0.4) is 0 Å². The molecule has 0 aliphatic heterocycles. The van der Waals surface area contributed by atoms with Crippen LogP contribution < -0.4 is 29.6 Å². The van der Waals surface area contributed by atoms with Gasteiger partial charge in [0.2, 0.25) is 0 Å². The van der Waals surface area contributed by atoms with Crippen molar-refractivity contribution in [1.82, 2.24) is 0 Å². The Kier molecular flexibility index (Phi) is 22.8. The predicted molar refractivity (Wildman–Crippen MR) is 36.7 cm³/mol. The summed E-state index contributed by atoms with van der Waals surface area (Å²) >= 11 is 0. The van der Waals surface area contributed by atoms with Gasteiger partial charge in [0, 0.05) is 6.61 Å². The second kappa shape index (κ2) is 12.7. The molecule has 0 heterocycles. The summed E-state index contributed by atoms with van der Waals surface area (Å²) < 4.78 is 8.88. The molecule has 0 spiro atoms. The van der Waals surface area contributed by atoms with Crippen molar-refractivity contribution in [3.05, 3.63) is 0 Å². The molecule has 0 aromatic rings. The minimum Gasteiger partial charge on any atom is -0.539 e. The maximum absolute atomic E-state index is 9.20. The maximum atomic E-state index is 9.20. The first-order valence-electron chi connectivity index (χ1n) is 2.26. The van der Waals surface area contributed by atoms with E-state index in [1.54, 1.807) is 0 Å². The summed E-state index contributed by atoms with van der Waals surface area (Å²) in [5.41, 5.74) is 0. The van der Waals surface area contributed by atoms with E-state index in [0.29, 0.717) is 0 Å². The van der Waals surface area contributed by atoms with Gasteiger partial charge in [0.1, 0.15) is 0 Å². The first-order valence-corrected chi connectivity index (χ1v) is 3.82. The SMILES string of the molecule is O.O=P(O)(O)O.O=[C-]C(O)CO.[Na+]. The summed E-state index contributed by atoms with van der Waals surface area (Å²) in [6, 6.07) is 0. The van der Waals surface area contributed by atoms with Crippen LogP contribution in [0.25, 0.3) is 0 Å². The van der Waals surface area contributed by atoms with Crippen LogP contribution in [-0.4, -0.2) is 49.4 Å². The van der Waals surface area contributed by atoms with E-state index in [1.807, 2.05) is 0 Å². The van der Waals surface area contributed by atoms with E-state index < -0.39 is 20.5 Å². The molecule has 0 aromatic heterocycles. The minimum absolute atomic E-state index is 0. The molecule has 0 amide bonds. The molecule has 76 valence electrons. The van der Waals surface area contributed by atoms with Crippen LogP contribution in [0.15, 0.2) is 0 Å². The number of hydrogen-bond acceptors (Lipinski definition) is 4. The number of aliphatic hydroxyl groups is 2. The van der Waals surface area contributed by atoms with Gasteiger partial charge in [0.05, 0.1) is 0 Å². The Morgan fingerprint density at radius 3 is 1.54 bits per heavy atom. The second-order valence-corrected chi connectivity index (χ2v) is 2.36. The molecule has 1 atom stereocenters. The van der Waals surface area contributed by atoms with E-state index >= 15 is 0 Å². The van der Waals surface area contributed by atoms with Gasteiger partial charge in [-0.05, 0) is 6.10 Å². The standard InChI is InChI=1S/C3H5O3.Na.H3O4P.H2O/c4-1-3(6)2-5;;1-5(2,3)4;/h3-4,6H,1H2;;(H3,1,2,3,4);1H2/q-1;+1;;. The van der Waals surface area contributed by atoms with Crippen LogP contribution in [0.4, 0.5) is 0 Å². The van der Waals surface area contributed by atoms with Crippen LogP contribution in [0, 0.1) is 0 Å². The molecule has 8 nitrogen and oxygen atoms in total. The number of carbonyl (C=O) groups excluding carboxylic acids is 1. The van der Waals surface area contributed by atoms with Crippen LogP contribution in [-0.2, 0) is 9.36 Å². The first-order chi connectivity index (χ1) is 4.81. The second-order valence-electron chi connectivity index (χ2n) is 1.33. The number of phosphoric acid groups is 1. The van der Waals surface area contributed by atoms with Crippen LogP contribution >= 0.6 is 7.82 Å². The normalized spacial score (nSPS) is 10.8. The van der Waals surface area contributed by atoms with E-state index in [0.717, 1.165) is 0 Å². The smallest absolute Gasteiger partial charge is 0.539 e. The van der Waals surface area contributed by atoms with Crippen LogP contribution in [0.2, 0.25) is 0 Å². The van der Waals surface area contributed by atoms with E-state index in [2.05, 4.69) is 0 Å². The van der Waals surface area contributed by atoms with Gasteiger partial charge in [0.25, 0.3) is 0 Å². The van der Waals surface area contributed by atoms with Crippen molar-refractivity contribution in [2.24, 2.45) is 0 Å². The Morgan fingerprint density at radius 1 is 1.31 bits per heavy atom. The van der Waals surface area contributed by atoms with Gasteiger partial charge in [-0.15, -0.1) is 0 Å². The van der Waals surface area contributed by atoms with Crippen LogP contribution in [0.1, 0.15) is 0 Å². The maximum Gasteiger partial charge on any atom is 1.00 e. The Labute approximate surface area is 96.1 Å². The first kappa shape index (κ1) is 23.5. The molecule has 0 fully saturated rings. The van der Waals surface area contributed by atoms with Crippen molar-refractivity contribution < 1.29 is 69.3 Å². The largest absolute Gasteiger partial charge is 1.00 e. The molecule has 13 heavy (non-hydrogen) atoms. The van der Waals surface area contributed by atoms with Gasteiger partial charge in [-0.3, -0.25) is 0 Å². The number of aliphatic hydroxyl groups excluding tert-OH is 2. The zero-order valence-electron chi connectivity index (χ0n) is 6.78. The van der Waals surface area contributed by atoms with E-state index in [-0.39, 0.29) is 35.0 Å². The molecule has 0 aliphatic carbocycles. The fourth-order valence-electron chi connectivity index (χ4n) is 0.0373. The molecule has 7 N–H and O–H groups in total. The van der Waals surface area contributed by atoms with Gasteiger partial charge >= 0.3 is 37.4 Å². The zero-order valence-corrected chi connectivity index (χ0v) is 9.68. The third kappa shape index (κ3) is 66.2. The summed E-state index contributed by atoms with van der Waals surface area (Å²) in [6.45, 7) is -0.538. The fraction of sp³-hybridized carbons (Fsp3) is 0.667. The van der Waals surface area contributed by atoms with Gasteiger partial charge in [-0.2, -0.15) is 0 Å². The number of hydrogen-bond donors (Lipinski definition) is 5. The summed E-state index contributed by atoms with van der Waals surface area (Å²) in [7, 11) is -4.64. The summed E-state index contributed by atoms with van der Waals surface area (Å²) in [5, 5.41) is 15.8. The van der Waals surface area contributed by atoms with Crippen LogP contribution in [0.5, 0.6) is 0 Å². The molecule has 0 aliphatic rings. The van der Waals surface area contributed by atoms with Gasteiger partial charge < -0.3 is 35.2 Å². The number of rotatable bonds is 2. The Morgan fingerprint density at radius 2 is 1.54 bits per heavy atom. The van der Waals surface area contributed by atoms with Gasteiger partial charge in [-0.1, -0.05) is 0 Å². The zero-order chi connectivity index (χ0) is 9.49. The fourth-order valence-corrected chi connectivity index (χ4v) is 0.0373. The Balaban J connectivity index is -0.0000000546. The van der Waals surface area contributed by atoms with Gasteiger partial charge in [-0.25, -0.2) is 10.9 Å². The van der Waals surface area contributed by atoms with Crippen molar-refractivity contribution in [3.63, 3.8) is 0 Å². The molecule has 0 saturated heterocycles. The van der Waals surface area contributed by atoms with Crippen molar-refractivity contribution in [2.75, 3.05) is 6.61 Å². The molecule has 0 aromatic carbocycles. The van der Waals surface area contributed by atoms with Crippen molar-refractivity contribution >= 4 is 14.1 Å². The van der Waals surface area contributed by atoms with E-state index in [1.165, 1.54) is 6.29 Å². The molecule has 0 rings (SSSR count). The minimum atomic E-state index is -4.64. The summed E-state index contributed by atoms with van der Waals surface area (Å²) in [6.07, 6.45) is -0.145. The Bertz CT molecular complexity index is 136. The molecule has 0 bridgehead atoms. The molecular formula is C3H10NaO8P. The summed E-state index contributed by atoms with van der Waals surface area (Å²) in [4.78, 5) is 30.8. The summed E-state index contributed by atoms with van der Waals surface area (Å²) in [5.74, 6) is 0. The average molecular weight is 228 g/mol. The molecule has 0 radical (unpaired) electrons. The molecular weight excluding hydrogens is 218 g/mol. The third-order valence-corrected chi connectivity index (χ3v) is 0.309. The Hall–Kier alpha value is 0.660. The van der Waals surface area contributed by atoms with Crippen molar-refractivity contribution in [2.45, 2.75) is 6.10 Å². The average Bonchev–Trinajstić information content (AvgIpc) is 1.83. The van der Waals surface area contributed by atoms with E-state index in [4.69, 9.17) is 29.5 Å². The molecule has 0 saturated carbocycles. The molecule has 10 heteroatoms. The quantitative estimate of drug-likeness (QED) is 0.178. The monoisotopic (exact) mass is 228 g/mol. The topological polar surface area (TPSA) is 167 Å². The van der Waals surface area contributed by atoms with Gasteiger partial charge in [0.15, 0.2) is 0 Å². The molecule has 1 unspecified atom stereocenters.